The summed E-state index contributed by atoms with van der Waals surface area (Å²) in [4.78, 5) is 0. The second-order valence-corrected chi connectivity index (χ2v) is 2.92. The van der Waals surface area contributed by atoms with Gasteiger partial charge in [0.25, 0.3) is 0 Å². The highest BCUT2D eigenvalue weighted by Gasteiger charge is 1.89. The van der Waals surface area contributed by atoms with Crippen LogP contribution < -0.4 is 0 Å². The van der Waals surface area contributed by atoms with Gasteiger partial charge in [0.05, 0.1) is 0 Å². The fraction of sp³-hybridized carbons (Fsp3) is 0. The molecule has 2 aromatic carbocycles. The molecule has 1 heteroatoms. The van der Waals surface area contributed by atoms with E-state index in [1.54, 1.807) is 18.2 Å². The van der Waals surface area contributed by atoms with Gasteiger partial charge >= 0.3 is 0 Å². The van der Waals surface area contributed by atoms with Crippen molar-refractivity contribution in [2.24, 2.45) is 0 Å². The molecule has 2 rings (SSSR count). The molecule has 1 N–H and O–H groups in total. The van der Waals surface area contributed by atoms with Crippen molar-refractivity contribution in [3.05, 3.63) is 72.8 Å². The molecule has 0 amide bonds. The minimum Gasteiger partial charge on any atom is -0.507 e. The number of aromatic hydroxyl groups is 1. The van der Waals surface area contributed by atoms with Crippen LogP contribution in [0.5, 0.6) is 5.75 Å². The van der Waals surface area contributed by atoms with E-state index in [-0.39, 0.29) is 5.75 Å². The Morgan fingerprint density at radius 2 is 1.27 bits per heavy atom. The highest BCUT2D eigenvalue weighted by molar-refractivity contribution is 5.54. The highest BCUT2D eigenvalue weighted by Crippen LogP contribution is 2.15. The van der Waals surface area contributed by atoms with E-state index in [2.05, 4.69) is 6.58 Å². The molecule has 0 saturated carbocycles. The van der Waals surface area contributed by atoms with Crippen LogP contribution in [-0.4, -0.2) is 5.11 Å². The smallest absolute Gasteiger partial charge is 0.122 e. The van der Waals surface area contributed by atoms with E-state index in [0.717, 1.165) is 5.56 Å². The zero-order valence-corrected chi connectivity index (χ0v) is 8.51. The highest BCUT2D eigenvalue weighted by atomic mass is 16.3. The molecule has 0 unspecified atom stereocenters. The van der Waals surface area contributed by atoms with Crippen LogP contribution in [0.25, 0.3) is 6.08 Å². The Morgan fingerprint density at radius 3 is 1.60 bits per heavy atom. The topological polar surface area (TPSA) is 20.2 Å². The van der Waals surface area contributed by atoms with E-state index < -0.39 is 0 Å². The fourth-order valence-electron chi connectivity index (χ4n) is 1.05. The van der Waals surface area contributed by atoms with Crippen LogP contribution >= 0.6 is 0 Å². The quantitative estimate of drug-likeness (QED) is 0.740. The predicted molar refractivity (Wildman–Crippen MR) is 64.6 cm³/mol. The van der Waals surface area contributed by atoms with Gasteiger partial charge in [-0.25, -0.2) is 0 Å². The zero-order chi connectivity index (χ0) is 10.9. The average Bonchev–Trinajstić information content (AvgIpc) is 2.33. The monoisotopic (exact) mass is 198 g/mol. The lowest BCUT2D eigenvalue weighted by Crippen LogP contribution is -1.69. The number of hydrogen-bond donors (Lipinski definition) is 1. The summed E-state index contributed by atoms with van der Waals surface area (Å²) in [7, 11) is 0. The summed E-state index contributed by atoms with van der Waals surface area (Å²) in [5.41, 5.74) is 0.775. The molecule has 0 saturated heterocycles. The summed E-state index contributed by atoms with van der Waals surface area (Å²) in [5.74, 6) is 0.285. The van der Waals surface area contributed by atoms with Gasteiger partial charge in [-0.3, -0.25) is 0 Å². The van der Waals surface area contributed by atoms with Gasteiger partial charge in [0, 0.05) is 5.56 Å². The Kier molecular flexibility index (Phi) is 4.74. The molecule has 0 atom stereocenters. The Balaban J connectivity index is 0.000000162. The molecule has 0 aliphatic carbocycles. The van der Waals surface area contributed by atoms with Gasteiger partial charge in [-0.1, -0.05) is 67.3 Å². The van der Waals surface area contributed by atoms with Gasteiger partial charge < -0.3 is 5.11 Å². The molecule has 76 valence electrons. The third-order valence-electron chi connectivity index (χ3n) is 1.82. The van der Waals surface area contributed by atoms with E-state index in [0.29, 0.717) is 0 Å². The van der Waals surface area contributed by atoms with Crippen molar-refractivity contribution >= 4 is 6.08 Å². The number of phenols is 1. The number of para-hydroxylation sites is 1. The summed E-state index contributed by atoms with van der Waals surface area (Å²) in [6.45, 7) is 3.53. The van der Waals surface area contributed by atoms with E-state index in [9.17, 15) is 0 Å². The number of phenolic OH excluding ortho intramolecular Hbond substituents is 1. The predicted octanol–water partition coefficient (Wildman–Crippen LogP) is 3.72. The Hall–Kier alpha value is -2.02. The summed E-state index contributed by atoms with van der Waals surface area (Å²) in [6, 6.07) is 19.1. The largest absolute Gasteiger partial charge is 0.507 e. The molecule has 0 spiro atoms. The SMILES string of the molecule is C=Cc1ccccc1O.c1ccccc1. The molecule has 0 fully saturated rings. The van der Waals surface area contributed by atoms with Crippen molar-refractivity contribution in [3.8, 4) is 5.75 Å². The summed E-state index contributed by atoms with van der Waals surface area (Å²) >= 11 is 0. The molecule has 0 bridgehead atoms. The van der Waals surface area contributed by atoms with Crippen molar-refractivity contribution < 1.29 is 5.11 Å². The number of rotatable bonds is 1. The maximum absolute atomic E-state index is 9.04. The van der Waals surface area contributed by atoms with Crippen LogP contribution in [0.4, 0.5) is 0 Å². The normalized spacial score (nSPS) is 8.53. The maximum Gasteiger partial charge on any atom is 0.122 e. The minimum absolute atomic E-state index is 0.285. The molecule has 0 aliphatic rings. The van der Waals surface area contributed by atoms with Gasteiger partial charge in [0.2, 0.25) is 0 Å². The number of hydrogen-bond acceptors (Lipinski definition) is 1. The summed E-state index contributed by atoms with van der Waals surface area (Å²) in [5, 5.41) is 9.04. The van der Waals surface area contributed by atoms with Gasteiger partial charge in [-0.05, 0) is 6.07 Å². The molecule has 2 aromatic rings. The third kappa shape index (κ3) is 4.14. The molecule has 0 aliphatic heterocycles. The van der Waals surface area contributed by atoms with Gasteiger partial charge in [0.1, 0.15) is 5.75 Å². The lowest BCUT2D eigenvalue weighted by Gasteiger charge is -1.93. The maximum atomic E-state index is 9.04. The first-order valence-electron chi connectivity index (χ1n) is 4.75. The van der Waals surface area contributed by atoms with E-state index in [1.165, 1.54) is 0 Å². The lowest BCUT2D eigenvalue weighted by atomic mass is 10.2. The zero-order valence-electron chi connectivity index (χ0n) is 8.51. The Labute approximate surface area is 90.3 Å². The van der Waals surface area contributed by atoms with Crippen molar-refractivity contribution in [2.75, 3.05) is 0 Å². The molecule has 0 aromatic heterocycles. The molecular weight excluding hydrogens is 184 g/mol. The summed E-state index contributed by atoms with van der Waals surface area (Å²) in [6.07, 6.45) is 1.62. The Bertz CT molecular complexity index is 366. The van der Waals surface area contributed by atoms with E-state index >= 15 is 0 Å². The number of benzene rings is 2. The first kappa shape index (κ1) is 11.1. The van der Waals surface area contributed by atoms with E-state index in [1.807, 2.05) is 48.5 Å². The van der Waals surface area contributed by atoms with Crippen LogP contribution in [0, 0.1) is 0 Å². The van der Waals surface area contributed by atoms with Gasteiger partial charge in [-0.15, -0.1) is 0 Å². The van der Waals surface area contributed by atoms with Crippen LogP contribution in [-0.2, 0) is 0 Å². The van der Waals surface area contributed by atoms with Gasteiger partial charge in [-0.2, -0.15) is 0 Å². The average molecular weight is 198 g/mol. The van der Waals surface area contributed by atoms with Crippen LogP contribution in [0.3, 0.4) is 0 Å². The van der Waals surface area contributed by atoms with Crippen molar-refractivity contribution in [3.63, 3.8) is 0 Å². The van der Waals surface area contributed by atoms with Gasteiger partial charge in [0.15, 0.2) is 0 Å². The molecule has 0 radical (unpaired) electrons. The van der Waals surface area contributed by atoms with Crippen molar-refractivity contribution in [2.45, 2.75) is 0 Å². The fourth-order valence-corrected chi connectivity index (χ4v) is 1.05. The minimum atomic E-state index is 0.285. The Morgan fingerprint density at radius 1 is 0.800 bits per heavy atom. The second kappa shape index (κ2) is 6.44. The molecular formula is C14H14O. The first-order chi connectivity index (χ1) is 7.34. The summed E-state index contributed by atoms with van der Waals surface area (Å²) < 4.78 is 0. The van der Waals surface area contributed by atoms with Crippen LogP contribution in [0.1, 0.15) is 5.56 Å². The van der Waals surface area contributed by atoms with Crippen LogP contribution in [0.15, 0.2) is 67.2 Å². The molecule has 1 nitrogen and oxygen atoms in total. The van der Waals surface area contributed by atoms with Crippen LogP contribution in [0.2, 0.25) is 0 Å². The van der Waals surface area contributed by atoms with E-state index in [4.69, 9.17) is 5.11 Å². The van der Waals surface area contributed by atoms with Crippen molar-refractivity contribution in [1.82, 2.24) is 0 Å². The lowest BCUT2D eigenvalue weighted by molar-refractivity contribution is 0.474. The third-order valence-corrected chi connectivity index (χ3v) is 1.82. The second-order valence-electron chi connectivity index (χ2n) is 2.92. The molecule has 15 heavy (non-hydrogen) atoms. The van der Waals surface area contributed by atoms with Crippen molar-refractivity contribution in [1.29, 1.82) is 0 Å². The molecule has 0 heterocycles. The standard InChI is InChI=1S/C8H8O.C6H6/c1-2-7-5-3-4-6-8(7)9;1-2-4-6-5-3-1/h2-6,9H,1H2;1-6H. The first-order valence-corrected chi connectivity index (χ1v) is 4.75.